The highest BCUT2D eigenvalue weighted by Crippen LogP contribution is 2.34. The van der Waals surface area contributed by atoms with Crippen LogP contribution in [-0.4, -0.2) is 37.2 Å². The molecule has 0 aromatic carbocycles. The lowest BCUT2D eigenvalue weighted by atomic mass is 9.74. The Morgan fingerprint density at radius 3 is 1.93 bits per heavy atom. The molecule has 0 aliphatic heterocycles. The van der Waals surface area contributed by atoms with Crippen LogP contribution in [0.15, 0.2) is 0 Å². The molecule has 2 atom stereocenters. The van der Waals surface area contributed by atoms with Crippen LogP contribution in [0.2, 0.25) is 0 Å². The Hall–Kier alpha value is -0.740. The molecule has 27 heavy (non-hydrogen) atoms. The van der Waals surface area contributed by atoms with E-state index < -0.39 is 0 Å². The van der Waals surface area contributed by atoms with E-state index in [-0.39, 0.29) is 41.4 Å². The Morgan fingerprint density at radius 2 is 1.48 bits per heavy atom. The summed E-state index contributed by atoms with van der Waals surface area (Å²) < 4.78 is 0. The molecule has 1 rings (SSSR count). The van der Waals surface area contributed by atoms with E-state index in [9.17, 15) is 9.59 Å². The largest absolute Gasteiger partial charge is 0.319 e. The highest BCUT2D eigenvalue weighted by molar-refractivity contribution is 5.91. The van der Waals surface area contributed by atoms with Gasteiger partial charge in [-0.3, -0.25) is 9.59 Å². The Labute approximate surface area is 167 Å². The molecule has 0 radical (unpaired) electrons. The molecular weight excluding hydrogens is 336 g/mol. The fraction of sp³-hybridized carbons (Fsp3) is 0.913. The minimum absolute atomic E-state index is 0.000937. The predicted octanol–water partition coefficient (Wildman–Crippen LogP) is 4.23. The molecule has 0 saturated heterocycles. The van der Waals surface area contributed by atoms with Gasteiger partial charge in [0.15, 0.2) is 5.78 Å². The molecule has 1 saturated carbocycles. The number of hydrogen-bond donors (Lipinski definition) is 2. The second kappa shape index (κ2) is 12.0. The van der Waals surface area contributed by atoms with Crippen molar-refractivity contribution in [3.8, 4) is 0 Å². The average Bonchev–Trinajstić information content (AvgIpc) is 2.59. The van der Waals surface area contributed by atoms with Gasteiger partial charge in [0.1, 0.15) is 5.78 Å². The van der Waals surface area contributed by atoms with E-state index in [2.05, 4.69) is 38.3 Å². The van der Waals surface area contributed by atoms with Gasteiger partial charge in [0.2, 0.25) is 0 Å². The molecule has 2 unspecified atom stereocenters. The van der Waals surface area contributed by atoms with Gasteiger partial charge in [0, 0.05) is 24.3 Å². The van der Waals surface area contributed by atoms with Gasteiger partial charge >= 0.3 is 0 Å². The van der Waals surface area contributed by atoms with Crippen molar-refractivity contribution in [2.45, 2.75) is 92.2 Å². The third-order valence-electron chi connectivity index (χ3n) is 6.02. The topological polar surface area (TPSA) is 58.2 Å². The van der Waals surface area contributed by atoms with Gasteiger partial charge in [-0.15, -0.1) is 0 Å². The molecule has 0 aromatic rings. The van der Waals surface area contributed by atoms with Crippen LogP contribution in [-0.2, 0) is 9.59 Å². The fourth-order valence-electron chi connectivity index (χ4n) is 4.52. The van der Waals surface area contributed by atoms with Gasteiger partial charge in [-0.2, -0.15) is 0 Å². The number of hydrogen-bond acceptors (Lipinski definition) is 4. The number of ketones is 2. The Morgan fingerprint density at radius 1 is 0.926 bits per heavy atom. The Balaban J connectivity index is 2.74. The van der Waals surface area contributed by atoms with Crippen LogP contribution >= 0.6 is 0 Å². The zero-order valence-corrected chi connectivity index (χ0v) is 18.8. The summed E-state index contributed by atoms with van der Waals surface area (Å²) in [5.41, 5.74) is 0. The molecule has 0 bridgehead atoms. The van der Waals surface area contributed by atoms with Crippen LogP contribution in [0.4, 0.5) is 0 Å². The van der Waals surface area contributed by atoms with E-state index in [1.54, 1.807) is 0 Å². The van der Waals surface area contributed by atoms with Crippen LogP contribution < -0.4 is 10.6 Å². The highest BCUT2D eigenvalue weighted by Gasteiger charge is 2.32. The summed E-state index contributed by atoms with van der Waals surface area (Å²) in [6, 6.07) is 0.113. The summed E-state index contributed by atoms with van der Waals surface area (Å²) in [6.07, 6.45) is 6.16. The number of carbonyl (C=O) groups excluding carboxylic acids is 2. The normalized spacial score (nSPS) is 23.0. The van der Waals surface area contributed by atoms with Crippen molar-refractivity contribution < 1.29 is 9.59 Å². The first kappa shape index (κ1) is 24.3. The molecule has 158 valence electrons. The van der Waals surface area contributed by atoms with E-state index >= 15 is 0 Å². The van der Waals surface area contributed by atoms with E-state index in [1.807, 2.05) is 20.9 Å². The SMILES string of the molecule is CNCC1CCC(CC(CC(=O)C(NC(C)C)C(C)C)C(=O)C(C)C)CC1. The zero-order chi connectivity index (χ0) is 20.6. The van der Waals surface area contributed by atoms with Gasteiger partial charge in [-0.25, -0.2) is 0 Å². The van der Waals surface area contributed by atoms with Crippen molar-refractivity contribution in [1.29, 1.82) is 0 Å². The van der Waals surface area contributed by atoms with Crippen molar-refractivity contribution in [2.24, 2.45) is 29.6 Å². The van der Waals surface area contributed by atoms with Crippen LogP contribution in [0, 0.1) is 29.6 Å². The van der Waals surface area contributed by atoms with Crippen molar-refractivity contribution in [1.82, 2.24) is 10.6 Å². The highest BCUT2D eigenvalue weighted by atomic mass is 16.1. The third kappa shape index (κ3) is 8.43. The molecule has 2 N–H and O–H groups in total. The summed E-state index contributed by atoms with van der Waals surface area (Å²) >= 11 is 0. The number of carbonyl (C=O) groups is 2. The molecule has 0 aromatic heterocycles. The maximum atomic E-state index is 13.0. The van der Waals surface area contributed by atoms with Crippen LogP contribution in [0.5, 0.6) is 0 Å². The monoisotopic (exact) mass is 380 g/mol. The summed E-state index contributed by atoms with van der Waals surface area (Å²) in [5, 5.41) is 6.69. The molecular formula is C23H44N2O2. The fourth-order valence-corrected chi connectivity index (χ4v) is 4.52. The minimum Gasteiger partial charge on any atom is -0.319 e. The van der Waals surface area contributed by atoms with E-state index in [0.717, 1.165) is 18.9 Å². The quantitative estimate of drug-likeness (QED) is 0.532. The van der Waals surface area contributed by atoms with Crippen LogP contribution in [0.3, 0.4) is 0 Å². The first-order valence-corrected chi connectivity index (χ1v) is 11.1. The third-order valence-corrected chi connectivity index (χ3v) is 6.02. The molecule has 0 amide bonds. The van der Waals surface area contributed by atoms with Crippen molar-refractivity contribution in [3.05, 3.63) is 0 Å². The summed E-state index contributed by atoms with van der Waals surface area (Å²) in [7, 11) is 2.02. The summed E-state index contributed by atoms with van der Waals surface area (Å²) in [6.45, 7) is 13.3. The van der Waals surface area contributed by atoms with Crippen molar-refractivity contribution in [2.75, 3.05) is 13.6 Å². The smallest absolute Gasteiger partial charge is 0.150 e. The lowest BCUT2D eigenvalue weighted by Crippen LogP contribution is -2.45. The first-order chi connectivity index (χ1) is 12.6. The second-order valence-electron chi connectivity index (χ2n) is 9.65. The Kier molecular flexibility index (Phi) is 10.8. The average molecular weight is 381 g/mol. The number of nitrogens with one attached hydrogen (secondary N) is 2. The number of rotatable bonds is 12. The van der Waals surface area contributed by atoms with Crippen LogP contribution in [0.1, 0.15) is 80.1 Å². The van der Waals surface area contributed by atoms with E-state index in [0.29, 0.717) is 12.3 Å². The minimum atomic E-state index is -0.154. The maximum Gasteiger partial charge on any atom is 0.150 e. The molecule has 0 heterocycles. The maximum absolute atomic E-state index is 13.0. The molecule has 1 aliphatic rings. The molecule has 4 nitrogen and oxygen atoms in total. The standard InChI is InChI=1S/C23H44N2O2/c1-15(2)22(25-17(5)6)21(26)13-20(23(27)16(3)4)12-18-8-10-19(11-9-18)14-24-7/h15-20,22,24-25H,8-14H2,1-7H3. The van der Waals surface area contributed by atoms with Crippen LogP contribution in [0.25, 0.3) is 0 Å². The van der Waals surface area contributed by atoms with Crippen molar-refractivity contribution >= 4 is 11.6 Å². The Bertz CT molecular complexity index is 451. The van der Waals surface area contributed by atoms with E-state index in [4.69, 9.17) is 0 Å². The lowest BCUT2D eigenvalue weighted by molar-refractivity contribution is -0.132. The molecule has 1 fully saturated rings. The summed E-state index contributed by atoms with van der Waals surface area (Å²) in [4.78, 5) is 25.9. The van der Waals surface area contributed by atoms with Crippen molar-refractivity contribution in [3.63, 3.8) is 0 Å². The van der Waals surface area contributed by atoms with Gasteiger partial charge in [-0.05, 0) is 50.6 Å². The molecule has 0 spiro atoms. The summed E-state index contributed by atoms with van der Waals surface area (Å²) in [5.74, 6) is 1.97. The van der Waals surface area contributed by atoms with Gasteiger partial charge in [0.05, 0.1) is 6.04 Å². The zero-order valence-electron chi connectivity index (χ0n) is 18.8. The van der Waals surface area contributed by atoms with E-state index in [1.165, 1.54) is 25.7 Å². The van der Waals surface area contributed by atoms with Gasteiger partial charge in [-0.1, -0.05) is 54.4 Å². The van der Waals surface area contributed by atoms with Gasteiger partial charge < -0.3 is 10.6 Å². The molecule has 4 heteroatoms. The number of Topliss-reactive ketones (excluding diaryl/α,β-unsaturated/α-hetero) is 2. The predicted molar refractivity (Wildman–Crippen MR) is 114 cm³/mol. The molecule has 1 aliphatic carbocycles. The van der Waals surface area contributed by atoms with Gasteiger partial charge in [0.25, 0.3) is 0 Å². The first-order valence-electron chi connectivity index (χ1n) is 11.1. The second-order valence-corrected chi connectivity index (χ2v) is 9.65. The lowest BCUT2D eigenvalue weighted by Gasteiger charge is -2.32.